The van der Waals surface area contributed by atoms with Gasteiger partial charge >= 0.3 is 0 Å². The van der Waals surface area contributed by atoms with Gasteiger partial charge in [0.05, 0.1) is 10.5 Å². The van der Waals surface area contributed by atoms with Gasteiger partial charge in [-0.2, -0.15) is 0 Å². The summed E-state index contributed by atoms with van der Waals surface area (Å²) in [7, 11) is -3.56. The molecule has 0 heterocycles. The van der Waals surface area contributed by atoms with Crippen LogP contribution in [0.2, 0.25) is 0 Å². The lowest BCUT2D eigenvalue weighted by molar-refractivity contribution is -0.00182. The Labute approximate surface area is 128 Å². The highest BCUT2D eigenvalue weighted by Gasteiger charge is 2.33. The van der Waals surface area contributed by atoms with Crippen LogP contribution in [0.1, 0.15) is 32.6 Å². The zero-order chi connectivity index (χ0) is 14.8. The van der Waals surface area contributed by atoms with Crippen LogP contribution in [-0.4, -0.2) is 25.7 Å². The van der Waals surface area contributed by atoms with Crippen molar-refractivity contribution in [2.45, 2.75) is 43.1 Å². The summed E-state index contributed by atoms with van der Waals surface area (Å²) in [5.41, 5.74) is -0.908. The average Bonchev–Trinajstić information content (AvgIpc) is 2.41. The molecule has 1 aliphatic carbocycles. The monoisotopic (exact) mass is 361 g/mol. The summed E-state index contributed by atoms with van der Waals surface area (Å²) >= 11 is 3.27. The third kappa shape index (κ3) is 4.04. The normalized spacial score (nSPS) is 27.4. The first-order valence-electron chi connectivity index (χ1n) is 6.78. The zero-order valence-corrected chi connectivity index (χ0v) is 13.9. The Bertz CT molecular complexity index is 548. The van der Waals surface area contributed by atoms with Crippen LogP contribution in [0, 0.1) is 5.92 Å². The number of sulfonamides is 1. The van der Waals surface area contributed by atoms with Gasteiger partial charge in [0.1, 0.15) is 0 Å². The van der Waals surface area contributed by atoms with Gasteiger partial charge in [-0.05, 0) is 55.9 Å². The minimum absolute atomic E-state index is 0.0815. The van der Waals surface area contributed by atoms with Gasteiger partial charge in [0.25, 0.3) is 0 Å². The Morgan fingerprint density at radius 2 is 1.85 bits per heavy atom. The van der Waals surface area contributed by atoms with Crippen LogP contribution in [0.25, 0.3) is 0 Å². The molecule has 6 heteroatoms. The van der Waals surface area contributed by atoms with Crippen molar-refractivity contribution in [2.24, 2.45) is 5.92 Å². The Morgan fingerprint density at radius 3 is 2.40 bits per heavy atom. The van der Waals surface area contributed by atoms with E-state index in [1.165, 1.54) is 0 Å². The van der Waals surface area contributed by atoms with E-state index < -0.39 is 15.6 Å². The number of rotatable bonds is 4. The van der Waals surface area contributed by atoms with Gasteiger partial charge in [0.2, 0.25) is 10.0 Å². The largest absolute Gasteiger partial charge is 0.389 e. The van der Waals surface area contributed by atoms with Crippen molar-refractivity contribution in [1.82, 2.24) is 4.72 Å². The summed E-state index contributed by atoms with van der Waals surface area (Å²) in [5.74, 6) is 0.610. The third-order valence-corrected chi connectivity index (χ3v) is 5.87. The molecule has 4 nitrogen and oxygen atoms in total. The molecule has 0 bridgehead atoms. The number of hydrogen-bond donors (Lipinski definition) is 2. The molecule has 0 spiro atoms. The predicted octanol–water partition coefficient (Wildman–Crippen LogP) is 2.67. The second kappa shape index (κ2) is 6.13. The summed E-state index contributed by atoms with van der Waals surface area (Å²) in [6, 6.07) is 6.45. The minimum Gasteiger partial charge on any atom is -0.389 e. The first-order chi connectivity index (χ1) is 9.31. The van der Waals surface area contributed by atoms with Crippen molar-refractivity contribution < 1.29 is 13.5 Å². The molecule has 1 saturated carbocycles. The van der Waals surface area contributed by atoms with Crippen LogP contribution >= 0.6 is 15.9 Å². The molecule has 112 valence electrons. The van der Waals surface area contributed by atoms with E-state index in [0.29, 0.717) is 18.8 Å². The Hall–Kier alpha value is -0.430. The molecule has 0 unspecified atom stereocenters. The molecule has 1 fully saturated rings. The van der Waals surface area contributed by atoms with Crippen LogP contribution in [0.4, 0.5) is 0 Å². The molecule has 0 aliphatic heterocycles. The minimum atomic E-state index is -3.56. The van der Waals surface area contributed by atoms with E-state index in [-0.39, 0.29) is 11.4 Å². The topological polar surface area (TPSA) is 66.4 Å². The lowest BCUT2D eigenvalue weighted by atomic mass is 9.80. The van der Waals surface area contributed by atoms with Gasteiger partial charge in [0.15, 0.2) is 0 Å². The van der Waals surface area contributed by atoms with Crippen LogP contribution in [0.15, 0.2) is 33.6 Å². The lowest BCUT2D eigenvalue weighted by Gasteiger charge is -2.34. The van der Waals surface area contributed by atoms with Crippen molar-refractivity contribution in [3.8, 4) is 0 Å². The van der Waals surface area contributed by atoms with Crippen molar-refractivity contribution in [3.05, 3.63) is 28.7 Å². The highest BCUT2D eigenvalue weighted by molar-refractivity contribution is 9.10. The van der Waals surface area contributed by atoms with Gasteiger partial charge < -0.3 is 5.11 Å². The van der Waals surface area contributed by atoms with Crippen molar-refractivity contribution in [3.63, 3.8) is 0 Å². The number of nitrogens with one attached hydrogen (secondary N) is 1. The van der Waals surface area contributed by atoms with Gasteiger partial charge in [0, 0.05) is 11.0 Å². The fourth-order valence-electron chi connectivity index (χ4n) is 2.40. The highest BCUT2D eigenvalue weighted by atomic mass is 79.9. The first kappa shape index (κ1) is 15.9. The van der Waals surface area contributed by atoms with E-state index >= 15 is 0 Å². The number of benzene rings is 1. The van der Waals surface area contributed by atoms with Crippen LogP contribution in [-0.2, 0) is 10.0 Å². The van der Waals surface area contributed by atoms with E-state index in [4.69, 9.17) is 0 Å². The fourth-order valence-corrected chi connectivity index (χ4v) is 3.79. The molecule has 1 aromatic carbocycles. The average molecular weight is 362 g/mol. The first-order valence-corrected chi connectivity index (χ1v) is 9.06. The molecule has 0 atom stereocenters. The molecule has 2 rings (SSSR count). The van der Waals surface area contributed by atoms with Gasteiger partial charge in [-0.15, -0.1) is 0 Å². The SMILES string of the molecule is CC1CCC(O)(CNS(=O)(=O)c2ccc(Br)cc2)CC1. The molecule has 1 aromatic rings. The van der Waals surface area contributed by atoms with Crippen molar-refractivity contribution in [1.29, 1.82) is 0 Å². The second-order valence-electron chi connectivity index (χ2n) is 5.69. The number of hydrogen-bond acceptors (Lipinski definition) is 3. The molecule has 1 aliphatic rings. The molecule has 20 heavy (non-hydrogen) atoms. The highest BCUT2D eigenvalue weighted by Crippen LogP contribution is 2.31. The van der Waals surface area contributed by atoms with Gasteiger partial charge in [-0.1, -0.05) is 22.9 Å². The van der Waals surface area contributed by atoms with Crippen molar-refractivity contribution in [2.75, 3.05) is 6.54 Å². The Balaban J connectivity index is 2.00. The lowest BCUT2D eigenvalue weighted by Crippen LogP contribution is -2.45. The van der Waals surface area contributed by atoms with Gasteiger partial charge in [-0.3, -0.25) is 0 Å². The summed E-state index contributed by atoms with van der Waals surface area (Å²) in [6.07, 6.45) is 3.18. The summed E-state index contributed by atoms with van der Waals surface area (Å²) < 4.78 is 27.7. The third-order valence-electron chi connectivity index (χ3n) is 3.92. The van der Waals surface area contributed by atoms with E-state index in [0.717, 1.165) is 17.3 Å². The molecule has 0 radical (unpaired) electrons. The smallest absolute Gasteiger partial charge is 0.240 e. The van der Waals surface area contributed by atoms with Crippen LogP contribution in [0.3, 0.4) is 0 Å². The number of halogens is 1. The predicted molar refractivity (Wildman–Crippen MR) is 81.9 cm³/mol. The molecule has 0 amide bonds. The maximum absolute atomic E-state index is 12.2. The second-order valence-corrected chi connectivity index (χ2v) is 8.37. The molecule has 0 aromatic heterocycles. The standard InChI is InChI=1S/C14H20BrNO3S/c1-11-6-8-14(17,9-7-11)10-16-20(18,19)13-4-2-12(15)3-5-13/h2-5,11,16-17H,6-10H2,1H3. The maximum Gasteiger partial charge on any atom is 0.240 e. The quantitative estimate of drug-likeness (QED) is 0.866. The van der Waals surface area contributed by atoms with Crippen LogP contribution < -0.4 is 4.72 Å². The van der Waals surface area contributed by atoms with E-state index in [1.807, 2.05) is 0 Å². The van der Waals surface area contributed by atoms with Crippen LogP contribution in [0.5, 0.6) is 0 Å². The summed E-state index contributed by atoms with van der Waals surface area (Å²) in [4.78, 5) is 0.216. The zero-order valence-electron chi connectivity index (χ0n) is 11.5. The van der Waals surface area contributed by atoms with E-state index in [9.17, 15) is 13.5 Å². The maximum atomic E-state index is 12.2. The Morgan fingerprint density at radius 1 is 1.30 bits per heavy atom. The van der Waals surface area contributed by atoms with E-state index in [1.54, 1.807) is 24.3 Å². The fraction of sp³-hybridized carbons (Fsp3) is 0.571. The van der Waals surface area contributed by atoms with E-state index in [2.05, 4.69) is 27.6 Å². The van der Waals surface area contributed by atoms with Gasteiger partial charge in [-0.25, -0.2) is 13.1 Å². The molecule has 2 N–H and O–H groups in total. The number of aliphatic hydroxyl groups is 1. The Kier molecular flexibility index (Phi) is 4.89. The molecule has 0 saturated heterocycles. The summed E-state index contributed by atoms with van der Waals surface area (Å²) in [5, 5.41) is 10.4. The summed E-state index contributed by atoms with van der Waals surface area (Å²) in [6.45, 7) is 2.24. The molecular formula is C14H20BrNO3S. The molecular weight excluding hydrogens is 342 g/mol. The van der Waals surface area contributed by atoms with Crippen molar-refractivity contribution >= 4 is 26.0 Å².